The number of carbonyl (C=O) groups is 2. The summed E-state index contributed by atoms with van der Waals surface area (Å²) >= 11 is 0. The predicted octanol–water partition coefficient (Wildman–Crippen LogP) is 6.97. The molecule has 3 aromatic carbocycles. The highest BCUT2D eigenvalue weighted by Gasteiger charge is 2.46. The third kappa shape index (κ3) is 6.35. The van der Waals surface area contributed by atoms with Gasteiger partial charge in [-0.1, -0.05) is 55.3 Å². The van der Waals surface area contributed by atoms with Crippen LogP contribution in [0.1, 0.15) is 53.8 Å². The number of hydrogen-bond acceptors (Lipinski definition) is 6. The highest BCUT2D eigenvalue weighted by molar-refractivity contribution is 6.46. The number of likely N-dealkylation sites (tertiary alicyclic amines) is 1. The second-order valence-corrected chi connectivity index (χ2v) is 10.1. The maximum absolute atomic E-state index is 13.3. The first-order chi connectivity index (χ1) is 19.9. The predicted molar refractivity (Wildman–Crippen MR) is 155 cm³/mol. The fourth-order valence-corrected chi connectivity index (χ4v) is 4.87. The van der Waals surface area contributed by atoms with Crippen LogP contribution < -0.4 is 9.47 Å². The summed E-state index contributed by atoms with van der Waals surface area (Å²) in [6.45, 7) is 5.23. The summed E-state index contributed by atoms with van der Waals surface area (Å²) in [5.74, 6) is 0.162. The average molecular weight is 552 g/mol. The van der Waals surface area contributed by atoms with Gasteiger partial charge in [-0.15, -0.1) is 0 Å². The summed E-state index contributed by atoms with van der Waals surface area (Å²) in [4.78, 5) is 28.0. The van der Waals surface area contributed by atoms with E-state index < -0.39 is 17.7 Å². The molecule has 7 nitrogen and oxygen atoms in total. The maximum Gasteiger partial charge on any atom is 0.296 e. The number of aryl methyl sites for hydroxylation is 1. The SMILES string of the molecule is CCCCOc1ccc(C2C(=C(O)c3ccc(OCc4cccc(C)c4)cc3)C(=O)C(=O)N2Cc2ccco2)cc1. The fraction of sp³-hybridized carbons (Fsp3) is 0.235. The molecule has 1 unspecified atom stereocenters. The summed E-state index contributed by atoms with van der Waals surface area (Å²) in [7, 11) is 0. The molecule has 0 aliphatic carbocycles. The number of nitrogens with zero attached hydrogens (tertiary/aromatic N) is 1. The molecule has 210 valence electrons. The van der Waals surface area contributed by atoms with E-state index >= 15 is 0 Å². The van der Waals surface area contributed by atoms with Crippen LogP contribution in [0, 0.1) is 6.92 Å². The van der Waals surface area contributed by atoms with Gasteiger partial charge in [-0.3, -0.25) is 9.59 Å². The Morgan fingerprint density at radius 3 is 2.34 bits per heavy atom. The van der Waals surface area contributed by atoms with Crippen LogP contribution in [0.15, 0.2) is 101 Å². The number of ether oxygens (including phenoxy) is 2. The number of Topliss-reactive ketones (excluding diaryl/α,β-unsaturated/α-hetero) is 1. The first-order valence-electron chi connectivity index (χ1n) is 13.8. The molecular weight excluding hydrogens is 518 g/mol. The van der Waals surface area contributed by atoms with Gasteiger partial charge in [0, 0.05) is 5.56 Å². The lowest BCUT2D eigenvalue weighted by Crippen LogP contribution is -2.29. The lowest BCUT2D eigenvalue weighted by Gasteiger charge is -2.24. The standard InChI is InChI=1S/C34H33NO6/c1-3-4-18-39-27-14-10-25(11-15-27)31-30(33(37)34(38)35(31)21-29-9-6-19-40-29)32(36)26-12-16-28(17-13-26)41-22-24-8-5-7-23(2)20-24/h5-17,19-20,31,36H,3-4,18,21-22H2,1-2H3. The first kappa shape index (κ1) is 27.8. The Morgan fingerprint density at radius 1 is 0.927 bits per heavy atom. The largest absolute Gasteiger partial charge is 0.507 e. The zero-order valence-corrected chi connectivity index (χ0v) is 23.2. The molecule has 1 aliphatic heterocycles. The molecule has 1 saturated heterocycles. The minimum Gasteiger partial charge on any atom is -0.507 e. The monoisotopic (exact) mass is 551 g/mol. The van der Waals surface area contributed by atoms with Crippen molar-refractivity contribution in [1.29, 1.82) is 0 Å². The van der Waals surface area contributed by atoms with E-state index in [2.05, 4.69) is 13.0 Å². The van der Waals surface area contributed by atoms with Crippen LogP contribution >= 0.6 is 0 Å². The van der Waals surface area contributed by atoms with E-state index in [-0.39, 0.29) is 17.9 Å². The third-order valence-electron chi connectivity index (χ3n) is 7.02. The number of amides is 1. The van der Waals surface area contributed by atoms with Crippen molar-refractivity contribution in [3.05, 3.63) is 125 Å². The number of rotatable bonds is 11. The summed E-state index contributed by atoms with van der Waals surface area (Å²) in [6, 6.07) is 24.9. The molecule has 7 heteroatoms. The number of furan rings is 1. The van der Waals surface area contributed by atoms with Crippen molar-refractivity contribution in [2.24, 2.45) is 0 Å². The molecule has 1 aromatic heterocycles. The summed E-state index contributed by atoms with van der Waals surface area (Å²) in [5, 5.41) is 11.4. The van der Waals surface area contributed by atoms with E-state index in [0.29, 0.717) is 41.6 Å². The van der Waals surface area contributed by atoms with Crippen LogP contribution in [0.5, 0.6) is 11.5 Å². The Balaban J connectivity index is 1.44. The third-order valence-corrected chi connectivity index (χ3v) is 7.02. The first-order valence-corrected chi connectivity index (χ1v) is 13.8. The van der Waals surface area contributed by atoms with Gasteiger partial charge in [-0.2, -0.15) is 0 Å². The van der Waals surface area contributed by atoms with Crippen LogP contribution in [0.3, 0.4) is 0 Å². The molecule has 1 fully saturated rings. The maximum atomic E-state index is 13.3. The number of aliphatic hydroxyl groups excluding tert-OH is 1. The van der Waals surface area contributed by atoms with Gasteiger partial charge in [0.15, 0.2) is 0 Å². The second-order valence-electron chi connectivity index (χ2n) is 10.1. The Morgan fingerprint density at radius 2 is 1.66 bits per heavy atom. The molecule has 0 radical (unpaired) electrons. The average Bonchev–Trinajstić information content (AvgIpc) is 3.59. The second kappa shape index (κ2) is 12.6. The molecule has 0 saturated carbocycles. The molecule has 1 atom stereocenters. The quantitative estimate of drug-likeness (QED) is 0.0937. The minimum atomic E-state index is -0.804. The zero-order valence-electron chi connectivity index (χ0n) is 23.2. The van der Waals surface area contributed by atoms with Crippen molar-refractivity contribution in [3.8, 4) is 11.5 Å². The number of ketones is 1. The Hall–Kier alpha value is -4.78. The van der Waals surface area contributed by atoms with Crippen molar-refractivity contribution >= 4 is 17.4 Å². The summed E-state index contributed by atoms with van der Waals surface area (Å²) < 4.78 is 17.2. The molecule has 41 heavy (non-hydrogen) atoms. The number of aliphatic hydroxyl groups is 1. The lowest BCUT2D eigenvalue weighted by atomic mass is 9.95. The van der Waals surface area contributed by atoms with Crippen molar-refractivity contribution < 1.29 is 28.6 Å². The molecule has 0 bridgehead atoms. The van der Waals surface area contributed by atoms with E-state index in [1.54, 1.807) is 36.4 Å². The van der Waals surface area contributed by atoms with Crippen LogP contribution in [0.25, 0.3) is 5.76 Å². The van der Waals surface area contributed by atoms with Crippen LogP contribution in [-0.4, -0.2) is 28.3 Å². The van der Waals surface area contributed by atoms with Crippen molar-refractivity contribution in [3.63, 3.8) is 0 Å². The Bertz CT molecular complexity index is 1520. The zero-order chi connectivity index (χ0) is 28.8. The molecule has 1 aliphatic rings. The lowest BCUT2D eigenvalue weighted by molar-refractivity contribution is -0.140. The smallest absolute Gasteiger partial charge is 0.296 e. The summed E-state index contributed by atoms with van der Waals surface area (Å²) in [5.41, 5.74) is 3.32. The highest BCUT2D eigenvalue weighted by Crippen LogP contribution is 2.41. The van der Waals surface area contributed by atoms with Crippen molar-refractivity contribution in [2.45, 2.75) is 45.9 Å². The number of carbonyl (C=O) groups excluding carboxylic acids is 2. The number of unbranched alkanes of at least 4 members (excludes halogenated alkanes) is 1. The Labute approximate surface area is 239 Å². The number of hydrogen-bond donors (Lipinski definition) is 1. The van der Waals surface area contributed by atoms with Gasteiger partial charge >= 0.3 is 0 Å². The van der Waals surface area contributed by atoms with E-state index in [1.807, 2.05) is 49.4 Å². The van der Waals surface area contributed by atoms with Gasteiger partial charge in [-0.05, 0) is 73.0 Å². The van der Waals surface area contributed by atoms with Crippen LogP contribution in [0.4, 0.5) is 0 Å². The van der Waals surface area contributed by atoms with Crippen molar-refractivity contribution in [1.82, 2.24) is 4.90 Å². The molecule has 5 rings (SSSR count). The van der Waals surface area contributed by atoms with Gasteiger partial charge < -0.3 is 23.9 Å². The van der Waals surface area contributed by atoms with Crippen LogP contribution in [0.2, 0.25) is 0 Å². The molecular formula is C34H33NO6. The van der Waals surface area contributed by atoms with Gasteiger partial charge in [0.05, 0.1) is 31.0 Å². The normalized spacial score (nSPS) is 16.2. The van der Waals surface area contributed by atoms with E-state index in [0.717, 1.165) is 24.0 Å². The van der Waals surface area contributed by atoms with Gasteiger partial charge in [0.1, 0.15) is 29.6 Å². The highest BCUT2D eigenvalue weighted by atomic mass is 16.5. The van der Waals surface area contributed by atoms with E-state index in [4.69, 9.17) is 13.9 Å². The molecule has 1 N–H and O–H groups in total. The van der Waals surface area contributed by atoms with Gasteiger partial charge in [0.2, 0.25) is 0 Å². The minimum absolute atomic E-state index is 0.0228. The van der Waals surface area contributed by atoms with E-state index in [9.17, 15) is 14.7 Å². The summed E-state index contributed by atoms with van der Waals surface area (Å²) in [6.07, 6.45) is 3.49. The molecule has 0 spiro atoms. The fourth-order valence-electron chi connectivity index (χ4n) is 4.87. The van der Waals surface area contributed by atoms with Gasteiger partial charge in [-0.25, -0.2) is 0 Å². The molecule has 2 heterocycles. The van der Waals surface area contributed by atoms with Crippen molar-refractivity contribution in [2.75, 3.05) is 6.61 Å². The number of benzene rings is 3. The van der Waals surface area contributed by atoms with Gasteiger partial charge in [0.25, 0.3) is 11.7 Å². The Kier molecular flexibility index (Phi) is 8.53. The molecule has 4 aromatic rings. The molecule has 1 amide bonds. The van der Waals surface area contributed by atoms with Crippen LogP contribution in [-0.2, 0) is 22.7 Å². The topological polar surface area (TPSA) is 89.2 Å². The van der Waals surface area contributed by atoms with E-state index in [1.165, 1.54) is 11.2 Å².